The van der Waals surface area contributed by atoms with Gasteiger partial charge in [-0.15, -0.1) is 0 Å². The fourth-order valence-electron chi connectivity index (χ4n) is 1.93. The Hall–Kier alpha value is -2.07. The van der Waals surface area contributed by atoms with Crippen LogP contribution in [0.1, 0.15) is 16.8 Å². The molecule has 2 aromatic rings. The zero-order chi connectivity index (χ0) is 15.2. The molecule has 1 aromatic heterocycles. The Morgan fingerprint density at radius 3 is 2.90 bits per heavy atom. The van der Waals surface area contributed by atoms with E-state index in [0.29, 0.717) is 23.0 Å². The van der Waals surface area contributed by atoms with Crippen LogP contribution >= 0.6 is 11.6 Å². The highest BCUT2D eigenvalue weighted by Crippen LogP contribution is 2.15. The predicted octanol–water partition coefficient (Wildman–Crippen LogP) is 2.91. The van der Waals surface area contributed by atoms with E-state index >= 15 is 0 Å². The fourth-order valence-corrected chi connectivity index (χ4v) is 2.13. The SMILES string of the molecule is COc1ccnc(CC(=O)NCc2cc(Cl)ccc2C)c1. The number of methoxy groups -OCH3 is 1. The van der Waals surface area contributed by atoms with Gasteiger partial charge in [0.05, 0.1) is 19.2 Å². The number of carbonyl (C=O) groups is 1. The first-order valence-corrected chi connectivity index (χ1v) is 6.97. The van der Waals surface area contributed by atoms with Crippen molar-refractivity contribution >= 4 is 17.5 Å². The van der Waals surface area contributed by atoms with Crippen molar-refractivity contribution in [1.29, 1.82) is 0 Å². The summed E-state index contributed by atoms with van der Waals surface area (Å²) in [6.07, 6.45) is 1.85. The standard InChI is InChI=1S/C16H17ClN2O2/c1-11-3-4-13(17)7-12(11)10-19-16(20)9-14-8-15(21-2)5-6-18-14/h3-8H,9-10H2,1-2H3,(H,19,20). The van der Waals surface area contributed by atoms with Crippen LogP contribution in [0.5, 0.6) is 5.75 Å². The van der Waals surface area contributed by atoms with Gasteiger partial charge in [-0.1, -0.05) is 17.7 Å². The first kappa shape index (κ1) is 15.3. The molecule has 0 atom stereocenters. The Bertz CT molecular complexity index is 644. The molecule has 0 aliphatic rings. The minimum Gasteiger partial charge on any atom is -0.497 e. The first-order chi connectivity index (χ1) is 10.1. The average Bonchev–Trinajstić information content (AvgIpc) is 2.48. The third-order valence-electron chi connectivity index (χ3n) is 3.15. The zero-order valence-corrected chi connectivity index (χ0v) is 12.8. The molecule has 0 radical (unpaired) electrons. The van der Waals surface area contributed by atoms with Gasteiger partial charge in [-0.25, -0.2) is 0 Å². The predicted molar refractivity (Wildman–Crippen MR) is 82.5 cm³/mol. The van der Waals surface area contributed by atoms with Crippen molar-refractivity contribution < 1.29 is 9.53 Å². The molecule has 0 saturated heterocycles. The minimum atomic E-state index is -0.0878. The Morgan fingerprint density at radius 1 is 1.33 bits per heavy atom. The molecule has 5 heteroatoms. The van der Waals surface area contributed by atoms with Crippen molar-refractivity contribution in [2.24, 2.45) is 0 Å². The number of benzene rings is 1. The molecule has 1 N–H and O–H groups in total. The second-order valence-electron chi connectivity index (χ2n) is 4.71. The number of halogens is 1. The second-order valence-corrected chi connectivity index (χ2v) is 5.15. The smallest absolute Gasteiger partial charge is 0.226 e. The van der Waals surface area contributed by atoms with Gasteiger partial charge in [0.2, 0.25) is 5.91 Å². The molecular weight excluding hydrogens is 288 g/mol. The Morgan fingerprint density at radius 2 is 2.14 bits per heavy atom. The van der Waals surface area contributed by atoms with Gasteiger partial charge in [0, 0.05) is 23.8 Å². The number of carbonyl (C=O) groups excluding carboxylic acids is 1. The highest BCUT2D eigenvalue weighted by molar-refractivity contribution is 6.30. The number of nitrogens with one attached hydrogen (secondary N) is 1. The maximum absolute atomic E-state index is 12.0. The van der Waals surface area contributed by atoms with E-state index in [0.717, 1.165) is 11.1 Å². The maximum Gasteiger partial charge on any atom is 0.226 e. The van der Waals surface area contributed by atoms with Crippen LogP contribution < -0.4 is 10.1 Å². The highest BCUT2D eigenvalue weighted by Gasteiger charge is 2.07. The lowest BCUT2D eigenvalue weighted by Crippen LogP contribution is -2.25. The number of pyridine rings is 1. The Kier molecular flexibility index (Phi) is 5.17. The number of amides is 1. The topological polar surface area (TPSA) is 51.2 Å². The lowest BCUT2D eigenvalue weighted by Gasteiger charge is -2.09. The van der Waals surface area contributed by atoms with Crippen LogP contribution in [0.25, 0.3) is 0 Å². The molecule has 1 amide bonds. The van der Waals surface area contributed by atoms with Crippen molar-refractivity contribution in [3.05, 3.63) is 58.4 Å². The van der Waals surface area contributed by atoms with Crippen molar-refractivity contribution in [2.45, 2.75) is 19.9 Å². The van der Waals surface area contributed by atoms with Crippen LogP contribution in [0.4, 0.5) is 0 Å². The van der Waals surface area contributed by atoms with E-state index in [4.69, 9.17) is 16.3 Å². The number of hydrogen-bond acceptors (Lipinski definition) is 3. The molecule has 0 fully saturated rings. The maximum atomic E-state index is 12.0. The summed E-state index contributed by atoms with van der Waals surface area (Å²) in [5.74, 6) is 0.605. The number of aromatic nitrogens is 1. The van der Waals surface area contributed by atoms with E-state index < -0.39 is 0 Å². The van der Waals surface area contributed by atoms with Crippen LogP contribution in [-0.4, -0.2) is 18.0 Å². The molecule has 1 aromatic carbocycles. The van der Waals surface area contributed by atoms with Crippen molar-refractivity contribution in [1.82, 2.24) is 10.3 Å². The summed E-state index contributed by atoms with van der Waals surface area (Å²) in [7, 11) is 1.58. The van der Waals surface area contributed by atoms with Crippen LogP contribution in [0, 0.1) is 6.92 Å². The van der Waals surface area contributed by atoms with Gasteiger partial charge in [-0.3, -0.25) is 9.78 Å². The summed E-state index contributed by atoms with van der Waals surface area (Å²) < 4.78 is 5.11. The number of hydrogen-bond donors (Lipinski definition) is 1. The fraction of sp³-hybridized carbons (Fsp3) is 0.250. The van der Waals surface area contributed by atoms with E-state index in [9.17, 15) is 4.79 Å². The quantitative estimate of drug-likeness (QED) is 0.924. The van der Waals surface area contributed by atoms with Gasteiger partial charge in [0.15, 0.2) is 0 Å². The molecule has 110 valence electrons. The van der Waals surface area contributed by atoms with Gasteiger partial charge in [0.25, 0.3) is 0 Å². The summed E-state index contributed by atoms with van der Waals surface area (Å²) in [4.78, 5) is 16.1. The lowest BCUT2D eigenvalue weighted by molar-refractivity contribution is -0.120. The Labute approximate surface area is 129 Å². The number of nitrogens with zero attached hydrogens (tertiary/aromatic N) is 1. The molecule has 21 heavy (non-hydrogen) atoms. The van der Waals surface area contributed by atoms with E-state index in [1.165, 1.54) is 0 Å². The summed E-state index contributed by atoms with van der Waals surface area (Å²) in [6.45, 7) is 2.44. The number of rotatable bonds is 5. The van der Waals surface area contributed by atoms with Gasteiger partial charge in [0.1, 0.15) is 5.75 Å². The van der Waals surface area contributed by atoms with Crippen molar-refractivity contribution in [3.8, 4) is 5.75 Å². The first-order valence-electron chi connectivity index (χ1n) is 6.59. The summed E-state index contributed by atoms with van der Waals surface area (Å²) in [5, 5.41) is 3.54. The summed E-state index contributed by atoms with van der Waals surface area (Å²) >= 11 is 5.96. The Balaban J connectivity index is 1.94. The molecule has 0 bridgehead atoms. The zero-order valence-electron chi connectivity index (χ0n) is 12.0. The van der Waals surface area contributed by atoms with E-state index in [1.54, 1.807) is 25.4 Å². The monoisotopic (exact) mass is 304 g/mol. The summed E-state index contributed by atoms with van der Waals surface area (Å²) in [5.41, 5.74) is 2.78. The molecule has 0 unspecified atom stereocenters. The van der Waals surface area contributed by atoms with Crippen molar-refractivity contribution in [3.63, 3.8) is 0 Å². The van der Waals surface area contributed by atoms with Gasteiger partial charge in [-0.05, 0) is 36.2 Å². The largest absolute Gasteiger partial charge is 0.497 e. The van der Waals surface area contributed by atoms with Crippen LogP contribution in [0.15, 0.2) is 36.5 Å². The molecule has 4 nitrogen and oxygen atoms in total. The average molecular weight is 305 g/mol. The van der Waals surface area contributed by atoms with Crippen molar-refractivity contribution in [2.75, 3.05) is 7.11 Å². The molecule has 0 aliphatic heterocycles. The molecule has 1 heterocycles. The minimum absolute atomic E-state index is 0.0878. The molecule has 2 rings (SSSR count). The number of ether oxygens (including phenoxy) is 1. The normalized spacial score (nSPS) is 10.2. The summed E-state index contributed by atoms with van der Waals surface area (Å²) in [6, 6.07) is 9.14. The molecule has 0 aliphatic carbocycles. The third kappa shape index (κ3) is 4.46. The molecule has 0 spiro atoms. The van der Waals surface area contributed by atoms with Gasteiger partial charge in [-0.2, -0.15) is 0 Å². The second kappa shape index (κ2) is 7.09. The van der Waals surface area contributed by atoms with E-state index in [1.807, 2.05) is 25.1 Å². The molecule has 0 saturated carbocycles. The number of aryl methyl sites for hydroxylation is 1. The van der Waals surface area contributed by atoms with Gasteiger partial charge >= 0.3 is 0 Å². The van der Waals surface area contributed by atoms with E-state index in [2.05, 4.69) is 10.3 Å². The third-order valence-corrected chi connectivity index (χ3v) is 3.39. The lowest BCUT2D eigenvalue weighted by atomic mass is 10.1. The van der Waals surface area contributed by atoms with Gasteiger partial charge < -0.3 is 10.1 Å². The van der Waals surface area contributed by atoms with E-state index in [-0.39, 0.29) is 12.3 Å². The molecular formula is C16H17ClN2O2. The van der Waals surface area contributed by atoms with Crippen LogP contribution in [0.3, 0.4) is 0 Å². The highest BCUT2D eigenvalue weighted by atomic mass is 35.5. The van der Waals surface area contributed by atoms with Crippen LogP contribution in [0.2, 0.25) is 5.02 Å². The van der Waals surface area contributed by atoms with Crippen LogP contribution in [-0.2, 0) is 17.8 Å².